The predicted molar refractivity (Wildman–Crippen MR) is 124 cm³/mol. The monoisotopic (exact) mass is 494 g/mol. The van der Waals surface area contributed by atoms with E-state index in [0.29, 0.717) is 30.0 Å². The summed E-state index contributed by atoms with van der Waals surface area (Å²) in [6.07, 6.45) is 1.55. The van der Waals surface area contributed by atoms with Crippen LogP contribution in [0.5, 0.6) is 11.6 Å². The van der Waals surface area contributed by atoms with E-state index in [1.807, 2.05) is 12.1 Å². The van der Waals surface area contributed by atoms with Crippen LogP contribution in [0.1, 0.15) is 11.7 Å². The number of aliphatic hydroxyl groups is 1. The molecule has 0 bridgehead atoms. The molecule has 1 aromatic carbocycles. The van der Waals surface area contributed by atoms with E-state index >= 15 is 0 Å². The predicted octanol–water partition coefficient (Wildman–Crippen LogP) is 1.28. The number of hydrogen-bond donors (Lipinski definition) is 1. The number of para-hydroxylation sites is 1. The van der Waals surface area contributed by atoms with E-state index in [-0.39, 0.29) is 37.0 Å². The molecule has 0 fully saturated rings. The van der Waals surface area contributed by atoms with Crippen LogP contribution in [0.25, 0.3) is 10.9 Å². The Hall–Kier alpha value is -3.54. The van der Waals surface area contributed by atoms with Crippen molar-refractivity contribution in [3.05, 3.63) is 65.5 Å². The molecule has 3 aliphatic rings. The van der Waals surface area contributed by atoms with Gasteiger partial charge in [-0.3, -0.25) is 9.78 Å². The maximum Gasteiger partial charge on any atom is 0.257 e. The van der Waals surface area contributed by atoms with Crippen LogP contribution in [0.4, 0.5) is 0 Å². The van der Waals surface area contributed by atoms with Crippen LogP contribution >= 0.6 is 0 Å². The third-order valence-electron chi connectivity index (χ3n) is 6.51. The molecule has 180 valence electrons. The Morgan fingerprint density at radius 1 is 1.00 bits per heavy atom. The van der Waals surface area contributed by atoms with E-state index in [9.17, 15) is 18.3 Å². The Labute approximate surface area is 201 Å². The lowest BCUT2D eigenvalue weighted by molar-refractivity contribution is -0.139. The number of aromatic nitrogens is 2. The fraction of sp³-hybridized carbons (Fsp3) is 0.292. The highest BCUT2D eigenvalue weighted by molar-refractivity contribution is 7.89. The Morgan fingerprint density at radius 3 is 2.54 bits per heavy atom. The Bertz CT molecular complexity index is 1470. The molecule has 10 nitrogen and oxygen atoms in total. The zero-order chi connectivity index (χ0) is 24.2. The molecular weight excluding hydrogens is 472 g/mol. The van der Waals surface area contributed by atoms with Gasteiger partial charge in [0.15, 0.2) is 11.9 Å². The van der Waals surface area contributed by atoms with Gasteiger partial charge in [0.05, 0.1) is 11.7 Å². The number of aliphatic hydroxyl groups excluding tert-OH is 1. The molecule has 3 aromatic rings. The molecule has 2 aromatic heterocycles. The maximum absolute atomic E-state index is 13.2. The van der Waals surface area contributed by atoms with Crippen molar-refractivity contribution < 1.29 is 27.8 Å². The van der Waals surface area contributed by atoms with Gasteiger partial charge in [-0.2, -0.15) is 4.31 Å². The Morgan fingerprint density at radius 2 is 1.74 bits per heavy atom. The SMILES string of the molecule is O=C(C(O)c1cccc2cccnc12)N1CC2=C(C1)CN(S(=O)(=O)c1cnc3c(c1)OCCO3)C2. The first-order valence-electron chi connectivity index (χ1n) is 11.2. The largest absolute Gasteiger partial charge is 0.484 e. The number of benzene rings is 1. The quantitative estimate of drug-likeness (QED) is 0.539. The minimum atomic E-state index is -3.80. The molecule has 0 spiro atoms. The summed E-state index contributed by atoms with van der Waals surface area (Å²) < 4.78 is 38.7. The summed E-state index contributed by atoms with van der Waals surface area (Å²) >= 11 is 0. The summed E-state index contributed by atoms with van der Waals surface area (Å²) in [6.45, 7) is 1.62. The Kier molecular flexibility index (Phi) is 5.20. The van der Waals surface area contributed by atoms with Crippen molar-refractivity contribution in [1.82, 2.24) is 19.2 Å². The second kappa shape index (κ2) is 8.29. The van der Waals surface area contributed by atoms with Gasteiger partial charge in [0.25, 0.3) is 11.8 Å². The number of nitrogens with zero attached hydrogens (tertiary/aromatic N) is 4. The standard InChI is InChI=1S/C24H22N4O6S/c29-22(19-5-1-3-15-4-2-6-25-21(15)19)24(30)27-11-16-13-28(14-17(16)12-27)35(31,32)18-9-20-23(26-10-18)34-8-7-33-20/h1-6,9-10,22,29H,7-8,11-14H2. The molecule has 0 radical (unpaired) electrons. The molecule has 0 saturated heterocycles. The number of hydrogen-bond acceptors (Lipinski definition) is 8. The van der Waals surface area contributed by atoms with Gasteiger partial charge in [0.1, 0.15) is 18.1 Å². The second-order valence-electron chi connectivity index (χ2n) is 8.67. The van der Waals surface area contributed by atoms with Gasteiger partial charge in [-0.25, -0.2) is 13.4 Å². The van der Waals surface area contributed by atoms with Crippen molar-refractivity contribution in [2.45, 2.75) is 11.0 Å². The number of sulfonamides is 1. The summed E-state index contributed by atoms with van der Waals surface area (Å²) in [6, 6.07) is 10.5. The first-order chi connectivity index (χ1) is 16.9. The van der Waals surface area contributed by atoms with Gasteiger partial charge in [-0.1, -0.05) is 24.3 Å². The highest BCUT2D eigenvalue weighted by Crippen LogP contribution is 2.35. The van der Waals surface area contributed by atoms with E-state index in [4.69, 9.17) is 9.47 Å². The topological polar surface area (TPSA) is 122 Å². The van der Waals surface area contributed by atoms with Gasteiger partial charge in [-0.15, -0.1) is 0 Å². The summed E-state index contributed by atoms with van der Waals surface area (Å²) in [7, 11) is -3.80. The molecule has 1 atom stereocenters. The first-order valence-corrected chi connectivity index (χ1v) is 12.6. The normalized spacial score (nSPS) is 18.7. The first kappa shape index (κ1) is 22.0. The van der Waals surface area contributed by atoms with E-state index in [1.54, 1.807) is 29.3 Å². The van der Waals surface area contributed by atoms with Crippen molar-refractivity contribution in [1.29, 1.82) is 0 Å². The minimum absolute atomic E-state index is 0.0368. The molecule has 1 N–H and O–H groups in total. The fourth-order valence-electron chi connectivity index (χ4n) is 4.73. The number of pyridine rings is 2. The highest BCUT2D eigenvalue weighted by atomic mass is 32.2. The molecule has 11 heteroatoms. The number of fused-ring (bicyclic) bond motifs is 2. The van der Waals surface area contributed by atoms with Gasteiger partial charge < -0.3 is 19.5 Å². The van der Waals surface area contributed by atoms with Crippen molar-refractivity contribution in [3.8, 4) is 11.6 Å². The van der Waals surface area contributed by atoms with Crippen molar-refractivity contribution in [2.24, 2.45) is 0 Å². The van der Waals surface area contributed by atoms with E-state index in [2.05, 4.69) is 9.97 Å². The van der Waals surface area contributed by atoms with E-state index in [1.165, 1.54) is 16.6 Å². The molecule has 3 aliphatic heterocycles. The zero-order valence-electron chi connectivity index (χ0n) is 18.6. The third-order valence-corrected chi connectivity index (χ3v) is 8.27. The highest BCUT2D eigenvalue weighted by Gasteiger charge is 2.39. The average molecular weight is 495 g/mol. The van der Waals surface area contributed by atoms with Crippen LogP contribution in [-0.4, -0.2) is 78.0 Å². The summed E-state index contributed by atoms with van der Waals surface area (Å²) in [5, 5.41) is 11.7. The zero-order valence-corrected chi connectivity index (χ0v) is 19.4. The molecule has 1 unspecified atom stereocenters. The Balaban J connectivity index is 1.15. The number of rotatable bonds is 4. The van der Waals surface area contributed by atoms with Crippen molar-refractivity contribution >= 4 is 26.8 Å². The molecule has 0 aliphatic carbocycles. The van der Waals surface area contributed by atoms with Crippen LogP contribution in [0, 0.1) is 0 Å². The van der Waals surface area contributed by atoms with Gasteiger partial charge in [-0.05, 0) is 17.2 Å². The number of ether oxygens (including phenoxy) is 2. The molecule has 6 rings (SSSR count). The molecule has 5 heterocycles. The lowest BCUT2D eigenvalue weighted by Gasteiger charge is -2.25. The molecule has 1 amide bonds. The van der Waals surface area contributed by atoms with Gasteiger partial charge in [0, 0.05) is 49.4 Å². The van der Waals surface area contributed by atoms with Gasteiger partial charge >= 0.3 is 0 Å². The lowest BCUT2D eigenvalue weighted by atomic mass is 10.0. The summed E-state index contributed by atoms with van der Waals surface area (Å²) in [4.78, 5) is 23.1. The van der Waals surface area contributed by atoms with Crippen LogP contribution in [-0.2, 0) is 14.8 Å². The second-order valence-corrected chi connectivity index (χ2v) is 10.6. The maximum atomic E-state index is 13.2. The number of carbonyl (C=O) groups is 1. The van der Waals surface area contributed by atoms with Crippen LogP contribution in [0.15, 0.2) is 64.8 Å². The van der Waals surface area contributed by atoms with Crippen LogP contribution in [0.3, 0.4) is 0 Å². The average Bonchev–Trinajstić information content (AvgIpc) is 3.47. The van der Waals surface area contributed by atoms with Crippen LogP contribution in [0.2, 0.25) is 0 Å². The smallest absolute Gasteiger partial charge is 0.257 e. The lowest BCUT2D eigenvalue weighted by Crippen LogP contribution is -2.38. The molecule has 0 saturated carbocycles. The van der Waals surface area contributed by atoms with Crippen molar-refractivity contribution in [2.75, 3.05) is 39.4 Å². The van der Waals surface area contributed by atoms with Crippen molar-refractivity contribution in [3.63, 3.8) is 0 Å². The molecule has 35 heavy (non-hydrogen) atoms. The minimum Gasteiger partial charge on any atom is -0.484 e. The van der Waals surface area contributed by atoms with E-state index < -0.39 is 22.0 Å². The molecular formula is C24H22N4O6S. The number of amides is 1. The summed E-state index contributed by atoms with van der Waals surface area (Å²) in [5.74, 6) is 0.167. The third kappa shape index (κ3) is 3.72. The van der Waals surface area contributed by atoms with Gasteiger partial charge in [0.2, 0.25) is 10.0 Å². The number of carbonyl (C=O) groups excluding carboxylic acids is 1. The van der Waals surface area contributed by atoms with E-state index in [0.717, 1.165) is 16.5 Å². The fourth-order valence-corrected chi connectivity index (χ4v) is 6.12. The summed E-state index contributed by atoms with van der Waals surface area (Å²) in [5.41, 5.74) is 2.78. The van der Waals surface area contributed by atoms with Crippen LogP contribution < -0.4 is 9.47 Å².